The first-order valence-corrected chi connectivity index (χ1v) is 6.61. The first-order valence-electron chi connectivity index (χ1n) is 6.61. The van der Waals surface area contributed by atoms with Crippen LogP contribution in [0.25, 0.3) is 0 Å². The van der Waals surface area contributed by atoms with E-state index in [0.717, 1.165) is 19.3 Å². The highest BCUT2D eigenvalue weighted by atomic mass is 19.2. The van der Waals surface area contributed by atoms with Crippen LogP contribution in [-0.2, 0) is 0 Å². The molecule has 94 valence electrons. The maximum Gasteiger partial charge on any atom is 0.193 e. The maximum atomic E-state index is 15.0. The van der Waals surface area contributed by atoms with Gasteiger partial charge in [0.05, 0.1) is 0 Å². The van der Waals surface area contributed by atoms with Crippen LogP contribution >= 0.6 is 0 Å². The number of hydrogen-bond donors (Lipinski definition) is 1. The molecule has 5 atom stereocenters. The molecule has 1 nitrogen and oxygen atoms in total. The lowest BCUT2D eigenvalue weighted by Crippen LogP contribution is -2.59. The molecule has 0 aromatic rings. The summed E-state index contributed by atoms with van der Waals surface area (Å²) in [7, 11) is 0. The van der Waals surface area contributed by atoms with E-state index in [1.54, 1.807) is 13.8 Å². The molecule has 16 heavy (non-hydrogen) atoms. The summed E-state index contributed by atoms with van der Waals surface area (Å²) in [6, 6.07) is 0. The van der Waals surface area contributed by atoms with Gasteiger partial charge in [0.15, 0.2) is 11.5 Å². The van der Waals surface area contributed by atoms with Crippen molar-refractivity contribution in [2.45, 2.75) is 63.8 Å². The Hall–Kier alpha value is -0.180. The zero-order valence-electron chi connectivity index (χ0n) is 10.3. The van der Waals surface area contributed by atoms with E-state index >= 15 is 0 Å². The lowest BCUT2D eigenvalue weighted by molar-refractivity contribution is -0.0979. The van der Waals surface area contributed by atoms with Crippen molar-refractivity contribution in [3.63, 3.8) is 0 Å². The second kappa shape index (κ2) is 3.94. The Morgan fingerprint density at radius 1 is 1.12 bits per heavy atom. The third-order valence-corrected chi connectivity index (χ3v) is 5.05. The van der Waals surface area contributed by atoms with Gasteiger partial charge in [0, 0.05) is 5.92 Å². The van der Waals surface area contributed by atoms with E-state index in [2.05, 4.69) is 0 Å². The van der Waals surface area contributed by atoms with Crippen LogP contribution in [-0.4, -0.2) is 11.5 Å². The van der Waals surface area contributed by atoms with E-state index in [9.17, 15) is 8.78 Å². The lowest BCUT2D eigenvalue weighted by atomic mass is 9.71. The molecule has 2 fully saturated rings. The molecule has 2 N–H and O–H groups in total. The van der Waals surface area contributed by atoms with E-state index < -0.39 is 11.5 Å². The molecule has 0 aromatic carbocycles. The molecular formula is C13H23F2N. The molecule has 2 aliphatic rings. The number of rotatable bonds is 4. The number of alkyl halides is 2. The van der Waals surface area contributed by atoms with Crippen LogP contribution in [0.15, 0.2) is 0 Å². The Morgan fingerprint density at radius 2 is 1.81 bits per heavy atom. The van der Waals surface area contributed by atoms with Gasteiger partial charge in [-0.05, 0) is 43.9 Å². The van der Waals surface area contributed by atoms with Crippen molar-refractivity contribution in [3.8, 4) is 0 Å². The van der Waals surface area contributed by atoms with E-state index in [0.29, 0.717) is 11.8 Å². The van der Waals surface area contributed by atoms with Crippen LogP contribution in [0.4, 0.5) is 8.78 Å². The van der Waals surface area contributed by atoms with Gasteiger partial charge in [-0.15, -0.1) is 0 Å². The van der Waals surface area contributed by atoms with Crippen LogP contribution in [0.5, 0.6) is 0 Å². The first kappa shape index (κ1) is 12.3. The van der Waals surface area contributed by atoms with Crippen LogP contribution in [0.2, 0.25) is 0 Å². The molecule has 0 aromatic heterocycles. The lowest BCUT2D eigenvalue weighted by Gasteiger charge is -2.43. The van der Waals surface area contributed by atoms with Crippen LogP contribution < -0.4 is 5.73 Å². The normalized spacial score (nSPS) is 40.7. The highest BCUT2D eigenvalue weighted by molar-refractivity contribution is 5.06. The van der Waals surface area contributed by atoms with Gasteiger partial charge in [0.2, 0.25) is 0 Å². The van der Waals surface area contributed by atoms with Gasteiger partial charge in [-0.25, -0.2) is 8.78 Å². The second-order valence-corrected chi connectivity index (χ2v) is 5.71. The molecule has 2 aliphatic carbocycles. The van der Waals surface area contributed by atoms with E-state index in [4.69, 9.17) is 5.73 Å². The Morgan fingerprint density at radius 3 is 2.19 bits per heavy atom. The van der Waals surface area contributed by atoms with Crippen molar-refractivity contribution in [1.29, 1.82) is 0 Å². The summed E-state index contributed by atoms with van der Waals surface area (Å²) < 4.78 is 29.2. The van der Waals surface area contributed by atoms with Gasteiger partial charge >= 0.3 is 0 Å². The smallest absolute Gasteiger partial charge is 0.193 e. The van der Waals surface area contributed by atoms with E-state index in [1.807, 2.05) is 0 Å². The number of nitrogens with two attached hydrogens (primary N) is 1. The molecule has 2 bridgehead atoms. The summed E-state index contributed by atoms with van der Waals surface area (Å²) in [4.78, 5) is 0. The van der Waals surface area contributed by atoms with Crippen molar-refractivity contribution in [1.82, 2.24) is 0 Å². The summed E-state index contributed by atoms with van der Waals surface area (Å²) in [6.45, 7) is 3.36. The van der Waals surface area contributed by atoms with E-state index in [-0.39, 0.29) is 18.8 Å². The molecular weight excluding hydrogens is 208 g/mol. The van der Waals surface area contributed by atoms with Gasteiger partial charge in [-0.2, -0.15) is 0 Å². The zero-order chi connectivity index (χ0) is 12.0. The molecule has 0 radical (unpaired) electrons. The van der Waals surface area contributed by atoms with Crippen molar-refractivity contribution < 1.29 is 8.78 Å². The monoisotopic (exact) mass is 231 g/mol. The van der Waals surface area contributed by atoms with Gasteiger partial charge in [0.25, 0.3) is 0 Å². The molecule has 3 heteroatoms. The van der Waals surface area contributed by atoms with Gasteiger partial charge in [-0.3, -0.25) is 5.73 Å². The van der Waals surface area contributed by atoms with Crippen molar-refractivity contribution in [2.75, 3.05) is 0 Å². The Kier molecular flexibility index (Phi) is 3.02. The van der Waals surface area contributed by atoms with Crippen LogP contribution in [0, 0.1) is 17.8 Å². The molecule has 2 saturated carbocycles. The third-order valence-electron chi connectivity index (χ3n) is 5.05. The predicted molar refractivity (Wildman–Crippen MR) is 61.4 cm³/mol. The molecule has 2 rings (SSSR count). The first-order chi connectivity index (χ1) is 7.44. The molecule has 0 spiro atoms. The molecule has 0 heterocycles. The SMILES string of the molecule is CCC(N)(F)C(F)(CC)C1CC2CCC1C2. The minimum absolute atomic E-state index is 0.0607. The minimum Gasteiger partial charge on any atom is -0.296 e. The fourth-order valence-corrected chi connectivity index (χ4v) is 3.96. The highest BCUT2D eigenvalue weighted by Crippen LogP contribution is 2.56. The quantitative estimate of drug-likeness (QED) is 0.735. The molecule has 5 unspecified atom stereocenters. The Labute approximate surface area is 96.8 Å². The highest BCUT2D eigenvalue weighted by Gasteiger charge is 2.59. The van der Waals surface area contributed by atoms with Crippen molar-refractivity contribution in [2.24, 2.45) is 23.5 Å². The Bertz CT molecular complexity index is 267. The van der Waals surface area contributed by atoms with Gasteiger partial charge < -0.3 is 0 Å². The van der Waals surface area contributed by atoms with Gasteiger partial charge in [0.1, 0.15) is 0 Å². The summed E-state index contributed by atoms with van der Waals surface area (Å²) >= 11 is 0. The maximum absolute atomic E-state index is 15.0. The number of hydrogen-bond acceptors (Lipinski definition) is 1. The van der Waals surface area contributed by atoms with Crippen molar-refractivity contribution in [3.05, 3.63) is 0 Å². The van der Waals surface area contributed by atoms with Gasteiger partial charge in [-0.1, -0.05) is 20.3 Å². The topological polar surface area (TPSA) is 26.0 Å². The number of fused-ring (bicyclic) bond motifs is 2. The fourth-order valence-electron chi connectivity index (χ4n) is 3.96. The molecule has 0 amide bonds. The van der Waals surface area contributed by atoms with Crippen molar-refractivity contribution >= 4 is 0 Å². The average Bonchev–Trinajstić information content (AvgIpc) is 2.89. The Balaban J connectivity index is 2.21. The molecule has 0 aliphatic heterocycles. The minimum atomic E-state index is -2.16. The summed E-state index contributed by atoms with van der Waals surface area (Å²) in [5.74, 6) is -1.30. The summed E-state index contributed by atoms with van der Waals surface area (Å²) in [5.41, 5.74) is 3.76. The van der Waals surface area contributed by atoms with Crippen LogP contribution in [0.3, 0.4) is 0 Å². The third kappa shape index (κ3) is 1.59. The summed E-state index contributed by atoms with van der Waals surface area (Å²) in [6.07, 6.45) is 4.47. The summed E-state index contributed by atoms with van der Waals surface area (Å²) in [5, 5.41) is 0. The standard InChI is InChI=1S/C13H23F2N/c1-3-12(14,13(15,16)4-2)11-8-9-5-6-10(11)7-9/h9-11H,3-8,16H2,1-2H3. The largest absolute Gasteiger partial charge is 0.296 e. The number of halogens is 2. The van der Waals surface area contributed by atoms with E-state index in [1.165, 1.54) is 6.42 Å². The second-order valence-electron chi connectivity index (χ2n) is 5.71. The molecule has 0 saturated heterocycles. The predicted octanol–water partition coefficient (Wildman–Crippen LogP) is 3.58. The van der Waals surface area contributed by atoms with Crippen LogP contribution in [0.1, 0.15) is 52.4 Å². The zero-order valence-corrected chi connectivity index (χ0v) is 10.3. The fraction of sp³-hybridized carbons (Fsp3) is 1.00. The average molecular weight is 231 g/mol.